The molecule has 4 nitrogen and oxygen atoms in total. The molecule has 0 aliphatic rings. The van der Waals surface area contributed by atoms with Gasteiger partial charge in [0.25, 0.3) is 0 Å². The zero-order valence-corrected chi connectivity index (χ0v) is 14.9. The van der Waals surface area contributed by atoms with E-state index >= 15 is 0 Å². The van der Waals surface area contributed by atoms with Crippen molar-refractivity contribution in [2.45, 2.75) is 46.6 Å². The highest BCUT2D eigenvalue weighted by molar-refractivity contribution is 9.10. The Morgan fingerprint density at radius 1 is 1.24 bits per heavy atom. The lowest BCUT2D eigenvalue weighted by atomic mass is 9.99. The van der Waals surface area contributed by atoms with Crippen LogP contribution >= 0.6 is 15.9 Å². The van der Waals surface area contributed by atoms with Crippen molar-refractivity contribution in [2.75, 3.05) is 6.54 Å². The number of pyridine rings is 1. The normalized spacial score (nSPS) is 12.9. The fraction of sp³-hybridized carbons (Fsp3) is 0.500. The van der Waals surface area contributed by atoms with Crippen molar-refractivity contribution < 1.29 is 0 Å². The molecule has 21 heavy (non-hydrogen) atoms. The van der Waals surface area contributed by atoms with Gasteiger partial charge in [0, 0.05) is 34.5 Å². The third kappa shape index (κ3) is 3.71. The third-order valence-corrected chi connectivity index (χ3v) is 4.07. The fourth-order valence-corrected chi connectivity index (χ4v) is 2.83. The number of nitrogens with one attached hydrogen (secondary N) is 1. The van der Waals surface area contributed by atoms with E-state index in [0.29, 0.717) is 12.0 Å². The number of rotatable bonds is 5. The second kappa shape index (κ2) is 6.71. The Labute approximate surface area is 135 Å². The van der Waals surface area contributed by atoms with Crippen molar-refractivity contribution in [2.24, 2.45) is 0 Å². The average molecular weight is 351 g/mol. The maximum atomic E-state index is 4.67. The van der Waals surface area contributed by atoms with Crippen LogP contribution in [0, 0.1) is 13.8 Å². The van der Waals surface area contributed by atoms with Crippen LogP contribution in [-0.2, 0) is 0 Å². The summed E-state index contributed by atoms with van der Waals surface area (Å²) < 4.78 is 2.91. The number of hydrogen-bond acceptors (Lipinski definition) is 3. The molecule has 0 amide bonds. The molecule has 1 atom stereocenters. The summed E-state index contributed by atoms with van der Waals surface area (Å²) in [7, 11) is 0. The molecule has 114 valence electrons. The van der Waals surface area contributed by atoms with Gasteiger partial charge in [-0.05, 0) is 47.8 Å². The minimum absolute atomic E-state index is 0.427. The van der Waals surface area contributed by atoms with Crippen LogP contribution in [0.5, 0.6) is 0 Å². The van der Waals surface area contributed by atoms with Crippen molar-refractivity contribution in [3.63, 3.8) is 0 Å². The molecule has 0 saturated carbocycles. The van der Waals surface area contributed by atoms with Crippen LogP contribution in [0.15, 0.2) is 22.8 Å². The first-order valence-corrected chi connectivity index (χ1v) is 8.11. The number of aryl methyl sites for hydroxylation is 1. The standard InChI is InChI=1S/C16H23BrN4/c1-10(2)18-8-11(3)16-12(4)20-21(13(16)5)15-7-6-14(17)9-19-15/h6-7,9-11,18H,8H2,1-5H3. The van der Waals surface area contributed by atoms with Gasteiger partial charge < -0.3 is 5.32 Å². The van der Waals surface area contributed by atoms with E-state index in [0.717, 1.165) is 22.5 Å². The highest BCUT2D eigenvalue weighted by Crippen LogP contribution is 2.25. The molecule has 1 N–H and O–H groups in total. The quantitative estimate of drug-likeness (QED) is 0.892. The molecule has 0 saturated heterocycles. The van der Waals surface area contributed by atoms with Gasteiger partial charge in [-0.15, -0.1) is 0 Å². The van der Waals surface area contributed by atoms with Crippen LogP contribution in [0.3, 0.4) is 0 Å². The lowest BCUT2D eigenvalue weighted by Crippen LogP contribution is -2.27. The Balaban J connectivity index is 2.31. The minimum atomic E-state index is 0.427. The number of halogens is 1. The van der Waals surface area contributed by atoms with Crippen molar-refractivity contribution in [1.29, 1.82) is 0 Å². The lowest BCUT2D eigenvalue weighted by Gasteiger charge is -2.15. The monoisotopic (exact) mass is 350 g/mol. The van der Waals surface area contributed by atoms with Crippen molar-refractivity contribution in [1.82, 2.24) is 20.1 Å². The molecule has 2 heterocycles. The topological polar surface area (TPSA) is 42.7 Å². The summed E-state index contributed by atoms with van der Waals surface area (Å²) in [5, 5.41) is 8.17. The van der Waals surface area contributed by atoms with E-state index in [1.807, 2.05) is 16.8 Å². The molecule has 2 rings (SSSR count). The smallest absolute Gasteiger partial charge is 0.153 e. The van der Waals surface area contributed by atoms with E-state index in [9.17, 15) is 0 Å². The van der Waals surface area contributed by atoms with Crippen molar-refractivity contribution in [3.05, 3.63) is 39.8 Å². The van der Waals surface area contributed by atoms with Gasteiger partial charge in [0.15, 0.2) is 5.82 Å². The molecule has 0 aliphatic heterocycles. The van der Waals surface area contributed by atoms with Gasteiger partial charge in [0.2, 0.25) is 0 Å². The molecule has 0 radical (unpaired) electrons. The molecule has 1 unspecified atom stereocenters. The summed E-state index contributed by atoms with van der Waals surface area (Å²) in [6.45, 7) is 11.7. The van der Waals surface area contributed by atoms with Gasteiger partial charge >= 0.3 is 0 Å². The van der Waals surface area contributed by atoms with E-state index in [2.05, 4.69) is 65.9 Å². The van der Waals surface area contributed by atoms with Gasteiger partial charge in [0.1, 0.15) is 0 Å². The van der Waals surface area contributed by atoms with Gasteiger partial charge in [-0.2, -0.15) is 5.10 Å². The van der Waals surface area contributed by atoms with Gasteiger partial charge in [0.05, 0.1) is 5.69 Å². The van der Waals surface area contributed by atoms with Crippen LogP contribution in [0.4, 0.5) is 0 Å². The first-order chi connectivity index (χ1) is 9.90. The molecule has 0 bridgehead atoms. The Kier molecular flexibility index (Phi) is 5.17. The van der Waals surface area contributed by atoms with Crippen molar-refractivity contribution in [3.8, 4) is 5.82 Å². The second-order valence-electron chi connectivity index (χ2n) is 5.79. The molecule has 0 aliphatic carbocycles. The maximum Gasteiger partial charge on any atom is 0.153 e. The van der Waals surface area contributed by atoms with Crippen LogP contribution < -0.4 is 5.32 Å². The number of aromatic nitrogens is 3. The van der Waals surface area contributed by atoms with Gasteiger partial charge in [-0.3, -0.25) is 0 Å². The number of hydrogen-bond donors (Lipinski definition) is 1. The first-order valence-electron chi connectivity index (χ1n) is 7.31. The highest BCUT2D eigenvalue weighted by Gasteiger charge is 2.18. The zero-order chi connectivity index (χ0) is 15.6. The Hall–Kier alpha value is -1.20. The average Bonchev–Trinajstić information content (AvgIpc) is 2.72. The molecule has 0 aromatic carbocycles. The van der Waals surface area contributed by atoms with E-state index < -0.39 is 0 Å². The summed E-state index contributed by atoms with van der Waals surface area (Å²) in [6.07, 6.45) is 1.80. The summed E-state index contributed by atoms with van der Waals surface area (Å²) >= 11 is 3.41. The Morgan fingerprint density at radius 2 is 1.95 bits per heavy atom. The molecule has 0 spiro atoms. The van der Waals surface area contributed by atoms with E-state index in [1.165, 1.54) is 11.3 Å². The van der Waals surface area contributed by atoms with Gasteiger partial charge in [-0.25, -0.2) is 9.67 Å². The fourth-order valence-electron chi connectivity index (χ4n) is 2.60. The Morgan fingerprint density at radius 3 is 2.52 bits per heavy atom. The molecule has 2 aromatic rings. The minimum Gasteiger partial charge on any atom is -0.314 e. The predicted molar refractivity (Wildman–Crippen MR) is 90.1 cm³/mol. The van der Waals surface area contributed by atoms with E-state index in [4.69, 9.17) is 0 Å². The van der Waals surface area contributed by atoms with Crippen molar-refractivity contribution >= 4 is 15.9 Å². The van der Waals surface area contributed by atoms with Gasteiger partial charge in [-0.1, -0.05) is 20.8 Å². The summed E-state index contributed by atoms with van der Waals surface area (Å²) in [6, 6.07) is 4.46. The van der Waals surface area contributed by atoms with Crippen LogP contribution in [0.25, 0.3) is 5.82 Å². The highest BCUT2D eigenvalue weighted by atomic mass is 79.9. The Bertz CT molecular complexity index is 601. The second-order valence-corrected chi connectivity index (χ2v) is 6.71. The largest absolute Gasteiger partial charge is 0.314 e. The predicted octanol–water partition coefficient (Wildman–Crippen LogP) is 3.75. The summed E-state index contributed by atoms with van der Waals surface area (Å²) in [5.74, 6) is 1.28. The molecular formula is C16H23BrN4. The zero-order valence-electron chi connectivity index (χ0n) is 13.3. The maximum absolute atomic E-state index is 4.67. The van der Waals surface area contributed by atoms with E-state index in [-0.39, 0.29) is 0 Å². The van der Waals surface area contributed by atoms with Crippen LogP contribution in [-0.4, -0.2) is 27.4 Å². The number of nitrogens with zero attached hydrogens (tertiary/aromatic N) is 3. The van der Waals surface area contributed by atoms with Crippen LogP contribution in [0.2, 0.25) is 0 Å². The first kappa shape index (κ1) is 16.2. The van der Waals surface area contributed by atoms with Crippen LogP contribution in [0.1, 0.15) is 43.6 Å². The summed E-state index contributed by atoms with van der Waals surface area (Å²) in [4.78, 5) is 4.44. The molecule has 5 heteroatoms. The third-order valence-electron chi connectivity index (χ3n) is 3.60. The lowest BCUT2D eigenvalue weighted by molar-refractivity contribution is 0.546. The summed E-state index contributed by atoms with van der Waals surface area (Å²) in [5.41, 5.74) is 3.56. The van der Waals surface area contributed by atoms with E-state index in [1.54, 1.807) is 6.20 Å². The SMILES string of the molecule is Cc1nn(-c2ccc(Br)cn2)c(C)c1C(C)CNC(C)C. The molecule has 2 aromatic heterocycles. The molecular weight excluding hydrogens is 328 g/mol. The molecule has 0 fully saturated rings.